The van der Waals surface area contributed by atoms with Crippen molar-refractivity contribution in [2.24, 2.45) is 0 Å². The first-order valence-corrected chi connectivity index (χ1v) is 31.1. The van der Waals surface area contributed by atoms with E-state index in [0.717, 1.165) is 64.2 Å². The molecule has 0 saturated heterocycles. The van der Waals surface area contributed by atoms with Gasteiger partial charge in [-0.15, -0.1) is 0 Å². The van der Waals surface area contributed by atoms with Crippen LogP contribution in [-0.2, 0) is 28.6 Å². The van der Waals surface area contributed by atoms with Crippen molar-refractivity contribution in [3.05, 3.63) is 48.6 Å². The van der Waals surface area contributed by atoms with Crippen molar-refractivity contribution in [2.45, 2.75) is 335 Å². The molecule has 0 amide bonds. The number of hydrogen-bond acceptors (Lipinski definition) is 6. The van der Waals surface area contributed by atoms with Crippen LogP contribution in [0, 0.1) is 0 Å². The van der Waals surface area contributed by atoms with Gasteiger partial charge in [0.2, 0.25) is 0 Å². The number of unbranched alkanes of at least 4 members (excludes halogenated alkanes) is 38. The topological polar surface area (TPSA) is 78.9 Å². The zero-order chi connectivity index (χ0) is 51.4. The van der Waals surface area contributed by atoms with Crippen LogP contribution in [0.25, 0.3) is 0 Å². The first-order chi connectivity index (χ1) is 35.0. The van der Waals surface area contributed by atoms with Crippen LogP contribution in [-0.4, -0.2) is 37.2 Å². The van der Waals surface area contributed by atoms with Crippen LogP contribution in [0.1, 0.15) is 329 Å². The first-order valence-electron chi connectivity index (χ1n) is 31.1. The highest BCUT2D eigenvalue weighted by Gasteiger charge is 2.19. The molecule has 0 bridgehead atoms. The molecule has 6 heteroatoms. The van der Waals surface area contributed by atoms with Crippen LogP contribution < -0.4 is 0 Å². The minimum absolute atomic E-state index is 0.0900. The molecule has 71 heavy (non-hydrogen) atoms. The van der Waals surface area contributed by atoms with Gasteiger partial charge in [0.1, 0.15) is 13.2 Å². The van der Waals surface area contributed by atoms with E-state index in [9.17, 15) is 14.4 Å². The van der Waals surface area contributed by atoms with Crippen molar-refractivity contribution in [1.29, 1.82) is 0 Å². The summed E-state index contributed by atoms with van der Waals surface area (Å²) in [5.41, 5.74) is 0. The molecule has 0 unspecified atom stereocenters. The van der Waals surface area contributed by atoms with Gasteiger partial charge in [0.25, 0.3) is 0 Å². The van der Waals surface area contributed by atoms with Crippen molar-refractivity contribution in [3.63, 3.8) is 0 Å². The average molecular weight is 996 g/mol. The summed E-state index contributed by atoms with van der Waals surface area (Å²) in [5.74, 6) is -0.926. The lowest BCUT2D eigenvalue weighted by Crippen LogP contribution is -2.30. The Hall–Kier alpha value is -2.63. The van der Waals surface area contributed by atoms with Gasteiger partial charge in [-0.3, -0.25) is 14.4 Å². The molecule has 0 spiro atoms. The smallest absolute Gasteiger partial charge is 0.306 e. The summed E-state index contributed by atoms with van der Waals surface area (Å²) in [5, 5.41) is 0. The maximum Gasteiger partial charge on any atom is 0.306 e. The first kappa shape index (κ1) is 68.4. The standard InChI is InChI=1S/C65H118O6/c1-4-7-10-13-16-19-22-25-28-30-31-32-33-35-37-40-43-46-49-52-55-58-64(67)70-61-62(60-69-63(66)57-54-51-48-45-42-39-36-27-24-21-18-15-12-9-6-3)71-65(68)59-56-53-50-47-44-41-38-34-29-26-23-20-17-14-11-8-5-2/h17,20,26,29,38,41,47,50,62H,4-16,18-19,21-25,27-28,30-37,39-40,42-46,48-49,51-61H2,1-3H3/b20-17-,29-26-,41-38-,50-47-/t62-/m0/s1. The molecule has 0 N–H and O–H groups in total. The second kappa shape index (κ2) is 59.9. The number of rotatable bonds is 57. The average Bonchev–Trinajstić information content (AvgIpc) is 3.37. The fraction of sp³-hybridized carbons (Fsp3) is 0.831. The fourth-order valence-electron chi connectivity index (χ4n) is 9.14. The van der Waals surface area contributed by atoms with Gasteiger partial charge in [-0.1, -0.05) is 301 Å². The number of ether oxygens (including phenoxy) is 3. The highest BCUT2D eigenvalue weighted by molar-refractivity contribution is 5.71. The van der Waals surface area contributed by atoms with Crippen molar-refractivity contribution >= 4 is 17.9 Å². The largest absolute Gasteiger partial charge is 0.462 e. The summed E-state index contributed by atoms with van der Waals surface area (Å²) in [6.07, 6.45) is 74.0. The molecule has 0 aliphatic heterocycles. The quantitative estimate of drug-likeness (QED) is 0.0261. The molecule has 0 saturated carbocycles. The number of hydrogen-bond donors (Lipinski definition) is 0. The van der Waals surface area contributed by atoms with Crippen molar-refractivity contribution < 1.29 is 28.6 Å². The normalized spacial score (nSPS) is 12.3. The Bertz CT molecular complexity index is 1230. The van der Waals surface area contributed by atoms with E-state index in [1.807, 2.05) is 0 Å². The summed E-state index contributed by atoms with van der Waals surface area (Å²) in [7, 11) is 0. The maximum absolute atomic E-state index is 12.9. The van der Waals surface area contributed by atoms with Gasteiger partial charge in [-0.05, 0) is 57.8 Å². The van der Waals surface area contributed by atoms with Gasteiger partial charge in [0, 0.05) is 19.3 Å². The van der Waals surface area contributed by atoms with E-state index in [-0.39, 0.29) is 37.5 Å². The van der Waals surface area contributed by atoms with Crippen LogP contribution in [0.3, 0.4) is 0 Å². The highest BCUT2D eigenvalue weighted by Crippen LogP contribution is 2.17. The third-order valence-electron chi connectivity index (χ3n) is 13.8. The molecule has 414 valence electrons. The summed E-state index contributed by atoms with van der Waals surface area (Å²) >= 11 is 0. The van der Waals surface area contributed by atoms with Crippen LogP contribution in [0.5, 0.6) is 0 Å². The highest BCUT2D eigenvalue weighted by atomic mass is 16.6. The fourth-order valence-corrected chi connectivity index (χ4v) is 9.14. The van der Waals surface area contributed by atoms with Gasteiger partial charge < -0.3 is 14.2 Å². The monoisotopic (exact) mass is 995 g/mol. The Balaban J connectivity index is 4.37. The molecule has 0 heterocycles. The lowest BCUT2D eigenvalue weighted by Gasteiger charge is -2.18. The summed E-state index contributed by atoms with van der Waals surface area (Å²) in [4.78, 5) is 38.2. The molecule has 6 nitrogen and oxygen atoms in total. The predicted octanol–water partition coefficient (Wildman–Crippen LogP) is 21.0. The van der Waals surface area contributed by atoms with Gasteiger partial charge in [-0.25, -0.2) is 0 Å². The minimum atomic E-state index is -0.798. The van der Waals surface area contributed by atoms with E-state index in [0.29, 0.717) is 19.3 Å². The maximum atomic E-state index is 12.9. The third-order valence-corrected chi connectivity index (χ3v) is 13.8. The van der Waals surface area contributed by atoms with E-state index in [1.54, 1.807) is 0 Å². The number of allylic oxidation sites excluding steroid dienone is 8. The Morgan fingerprint density at radius 1 is 0.282 bits per heavy atom. The molecule has 1 atom stereocenters. The van der Waals surface area contributed by atoms with Crippen LogP contribution >= 0.6 is 0 Å². The molecule has 0 radical (unpaired) electrons. The molecular formula is C65H118O6. The Labute approximate surface area is 441 Å². The summed E-state index contributed by atoms with van der Waals surface area (Å²) < 4.78 is 16.9. The second-order valence-electron chi connectivity index (χ2n) is 21.0. The zero-order valence-electron chi connectivity index (χ0n) is 47.5. The van der Waals surface area contributed by atoms with Crippen molar-refractivity contribution in [3.8, 4) is 0 Å². The van der Waals surface area contributed by atoms with Crippen LogP contribution in [0.4, 0.5) is 0 Å². The minimum Gasteiger partial charge on any atom is -0.462 e. The lowest BCUT2D eigenvalue weighted by atomic mass is 10.0. The van der Waals surface area contributed by atoms with E-state index in [4.69, 9.17) is 14.2 Å². The molecule has 0 rings (SSSR count). The Morgan fingerprint density at radius 2 is 0.521 bits per heavy atom. The van der Waals surface area contributed by atoms with E-state index in [2.05, 4.69) is 69.4 Å². The lowest BCUT2D eigenvalue weighted by molar-refractivity contribution is -0.167. The van der Waals surface area contributed by atoms with Crippen LogP contribution in [0.15, 0.2) is 48.6 Å². The van der Waals surface area contributed by atoms with E-state index < -0.39 is 6.10 Å². The molecule has 0 aromatic heterocycles. The molecule has 0 aromatic rings. The van der Waals surface area contributed by atoms with Crippen molar-refractivity contribution in [2.75, 3.05) is 13.2 Å². The van der Waals surface area contributed by atoms with Gasteiger partial charge in [-0.2, -0.15) is 0 Å². The van der Waals surface area contributed by atoms with E-state index in [1.165, 1.54) is 218 Å². The number of carbonyl (C=O) groups excluding carboxylic acids is 3. The summed E-state index contributed by atoms with van der Waals surface area (Å²) in [6, 6.07) is 0. The van der Waals surface area contributed by atoms with Gasteiger partial charge in [0.05, 0.1) is 0 Å². The SMILES string of the molecule is CCCCC/C=C\C/C=C\C/C=C\C/C=C\CCCC(=O)O[C@@H](COC(=O)CCCCCCCCCCCCCCCCC)COC(=O)CCCCCCCCCCCCCCCCCCCCCCC. The number of carbonyl (C=O) groups is 3. The van der Waals surface area contributed by atoms with Crippen molar-refractivity contribution in [1.82, 2.24) is 0 Å². The van der Waals surface area contributed by atoms with Gasteiger partial charge in [0.15, 0.2) is 6.10 Å². The third kappa shape index (κ3) is 58.1. The Morgan fingerprint density at radius 3 is 0.831 bits per heavy atom. The Kier molecular flexibility index (Phi) is 57.7. The molecular weight excluding hydrogens is 877 g/mol. The van der Waals surface area contributed by atoms with E-state index >= 15 is 0 Å². The molecule has 0 fully saturated rings. The second-order valence-corrected chi connectivity index (χ2v) is 21.0. The van der Waals surface area contributed by atoms with Gasteiger partial charge >= 0.3 is 17.9 Å². The molecule has 0 aliphatic rings. The number of esters is 3. The molecule has 0 aliphatic carbocycles. The summed E-state index contributed by atoms with van der Waals surface area (Å²) in [6.45, 7) is 6.62. The predicted molar refractivity (Wildman–Crippen MR) is 307 cm³/mol. The molecule has 0 aromatic carbocycles. The van der Waals surface area contributed by atoms with Crippen LogP contribution in [0.2, 0.25) is 0 Å². The zero-order valence-corrected chi connectivity index (χ0v) is 47.5.